The van der Waals surface area contributed by atoms with Crippen LogP contribution in [-0.4, -0.2) is 48.2 Å². The van der Waals surface area contributed by atoms with E-state index in [4.69, 9.17) is 4.99 Å². The molecular formula is C20H39N2O+. The first-order valence-corrected chi connectivity index (χ1v) is 9.88. The zero-order valence-corrected chi connectivity index (χ0v) is 15.6. The number of quaternary nitrogens is 1. The van der Waals surface area contributed by atoms with Crippen LogP contribution in [0.5, 0.6) is 0 Å². The van der Waals surface area contributed by atoms with Gasteiger partial charge in [-0.2, -0.15) is 0 Å². The maximum absolute atomic E-state index is 9.33. The Bertz CT molecular complexity index is 341. The first-order valence-electron chi connectivity index (χ1n) is 9.88. The second-order valence-electron chi connectivity index (χ2n) is 6.95. The summed E-state index contributed by atoms with van der Waals surface area (Å²) in [5.41, 5.74) is 0. The van der Waals surface area contributed by atoms with Gasteiger partial charge in [-0.1, -0.05) is 50.7 Å². The van der Waals surface area contributed by atoms with E-state index in [2.05, 4.69) is 32.2 Å². The molecule has 2 unspecified atom stereocenters. The number of unbranched alkanes of at least 4 members (excludes halogenated alkanes) is 8. The van der Waals surface area contributed by atoms with E-state index in [9.17, 15) is 5.11 Å². The fraction of sp³-hybridized carbons (Fsp3) is 0.850. The Morgan fingerprint density at radius 2 is 1.74 bits per heavy atom. The number of aliphatic hydroxyl groups is 1. The Hall–Kier alpha value is -0.670. The van der Waals surface area contributed by atoms with Gasteiger partial charge in [0.05, 0.1) is 19.4 Å². The van der Waals surface area contributed by atoms with Crippen molar-refractivity contribution in [2.75, 3.05) is 26.2 Å². The predicted molar refractivity (Wildman–Crippen MR) is 101 cm³/mol. The van der Waals surface area contributed by atoms with E-state index < -0.39 is 0 Å². The van der Waals surface area contributed by atoms with Crippen molar-refractivity contribution >= 4 is 6.21 Å². The van der Waals surface area contributed by atoms with Crippen molar-refractivity contribution in [2.45, 2.75) is 84.2 Å². The normalized spacial score (nSPS) is 24.0. The molecule has 1 aliphatic rings. The molecule has 1 N–H and O–H groups in total. The third-order valence-electron chi connectivity index (χ3n) is 5.35. The molecule has 23 heavy (non-hydrogen) atoms. The highest BCUT2D eigenvalue weighted by Crippen LogP contribution is 2.24. The van der Waals surface area contributed by atoms with Crippen LogP contribution in [0.1, 0.15) is 78.1 Å². The lowest BCUT2D eigenvalue weighted by molar-refractivity contribution is -0.936. The molecule has 0 aliphatic carbocycles. The number of hydrogen-bond acceptors (Lipinski definition) is 2. The fourth-order valence-electron chi connectivity index (χ4n) is 3.70. The lowest BCUT2D eigenvalue weighted by Crippen LogP contribution is -2.53. The van der Waals surface area contributed by atoms with Gasteiger partial charge in [0, 0.05) is 6.42 Å². The molecule has 0 aromatic carbocycles. The molecule has 0 amide bonds. The van der Waals surface area contributed by atoms with Crippen molar-refractivity contribution in [1.82, 2.24) is 0 Å². The zero-order chi connectivity index (χ0) is 16.8. The number of aliphatic imine (C=N–C) groups is 1. The Balaban J connectivity index is 2.01. The molecule has 1 heterocycles. The minimum Gasteiger partial charge on any atom is -0.391 e. The summed E-state index contributed by atoms with van der Waals surface area (Å²) in [6.45, 7) is 7.56. The van der Waals surface area contributed by atoms with E-state index in [1.165, 1.54) is 64.2 Å². The Morgan fingerprint density at radius 1 is 1.09 bits per heavy atom. The van der Waals surface area contributed by atoms with Crippen molar-refractivity contribution in [3.05, 3.63) is 12.2 Å². The van der Waals surface area contributed by atoms with Crippen LogP contribution in [0, 0.1) is 0 Å². The fourth-order valence-corrected chi connectivity index (χ4v) is 3.70. The van der Waals surface area contributed by atoms with E-state index in [0.717, 1.165) is 24.1 Å². The first-order chi connectivity index (χ1) is 11.3. The second-order valence-corrected chi connectivity index (χ2v) is 6.95. The van der Waals surface area contributed by atoms with Gasteiger partial charge in [0.1, 0.15) is 13.1 Å². The van der Waals surface area contributed by atoms with Crippen molar-refractivity contribution in [3.63, 3.8) is 0 Å². The average molecular weight is 324 g/mol. The number of rotatable bonds is 14. The number of likely N-dealkylation sites (N-methyl/N-ethyl adjacent to an activating group) is 1. The maximum atomic E-state index is 9.33. The highest BCUT2D eigenvalue weighted by molar-refractivity contribution is 5.60. The minimum atomic E-state index is 0.280. The molecule has 3 nitrogen and oxygen atoms in total. The first kappa shape index (κ1) is 20.4. The summed E-state index contributed by atoms with van der Waals surface area (Å²) >= 11 is 0. The van der Waals surface area contributed by atoms with E-state index in [1.807, 2.05) is 0 Å². The molecule has 0 radical (unpaired) electrons. The van der Waals surface area contributed by atoms with Crippen LogP contribution in [0.2, 0.25) is 0 Å². The van der Waals surface area contributed by atoms with Gasteiger partial charge in [0.15, 0.2) is 6.17 Å². The summed E-state index contributed by atoms with van der Waals surface area (Å²) in [7, 11) is 0. The summed E-state index contributed by atoms with van der Waals surface area (Å²) in [6.07, 6.45) is 20.3. The second kappa shape index (κ2) is 12.7. The number of hydrogen-bond donors (Lipinski definition) is 1. The average Bonchev–Trinajstić information content (AvgIpc) is 2.96. The van der Waals surface area contributed by atoms with E-state index in [1.54, 1.807) is 0 Å². The van der Waals surface area contributed by atoms with Crippen molar-refractivity contribution in [1.29, 1.82) is 0 Å². The summed E-state index contributed by atoms with van der Waals surface area (Å²) < 4.78 is 0.975. The van der Waals surface area contributed by atoms with Crippen molar-refractivity contribution < 1.29 is 9.59 Å². The molecule has 0 saturated heterocycles. The molecular weight excluding hydrogens is 284 g/mol. The molecule has 3 heteroatoms. The summed E-state index contributed by atoms with van der Waals surface area (Å²) in [6, 6.07) is 0. The Morgan fingerprint density at radius 3 is 2.35 bits per heavy atom. The topological polar surface area (TPSA) is 32.6 Å². The lowest BCUT2D eigenvalue weighted by Gasteiger charge is -2.37. The Kier molecular flexibility index (Phi) is 11.3. The van der Waals surface area contributed by atoms with Crippen LogP contribution in [0.3, 0.4) is 0 Å². The third kappa shape index (κ3) is 7.63. The monoisotopic (exact) mass is 323 g/mol. The molecule has 1 rings (SSSR count). The van der Waals surface area contributed by atoms with E-state index in [0.29, 0.717) is 6.17 Å². The van der Waals surface area contributed by atoms with Gasteiger partial charge in [-0.25, -0.2) is 4.99 Å². The standard InChI is InChI=1S/C20H39N2O/c1-3-5-6-7-8-9-10-11-12-13-14-15-20-21-16-17-22(20,4-2)18-19-23/h3,5,16,20,23H,4,6-15,17-19H2,1-2H3/q+1/b5-3+. The predicted octanol–water partition coefficient (Wildman–Crippen LogP) is 4.70. The molecule has 0 bridgehead atoms. The third-order valence-corrected chi connectivity index (χ3v) is 5.35. The molecule has 134 valence electrons. The van der Waals surface area contributed by atoms with Crippen molar-refractivity contribution in [3.8, 4) is 0 Å². The van der Waals surface area contributed by atoms with Crippen LogP contribution >= 0.6 is 0 Å². The van der Waals surface area contributed by atoms with Crippen molar-refractivity contribution in [2.24, 2.45) is 4.99 Å². The smallest absolute Gasteiger partial charge is 0.182 e. The van der Waals surface area contributed by atoms with Gasteiger partial charge < -0.3 is 5.11 Å². The van der Waals surface area contributed by atoms with Crippen LogP contribution in [0.25, 0.3) is 0 Å². The molecule has 0 saturated carbocycles. The molecule has 0 fully saturated rings. The zero-order valence-electron chi connectivity index (χ0n) is 15.6. The van der Waals surface area contributed by atoms with Gasteiger partial charge in [-0.05, 0) is 33.1 Å². The molecule has 0 spiro atoms. The largest absolute Gasteiger partial charge is 0.391 e. The number of nitrogens with zero attached hydrogens (tertiary/aromatic N) is 2. The molecule has 2 atom stereocenters. The van der Waals surface area contributed by atoms with Crippen LogP contribution < -0.4 is 0 Å². The molecule has 1 aliphatic heterocycles. The minimum absolute atomic E-state index is 0.280. The molecule has 0 aromatic rings. The quantitative estimate of drug-likeness (QED) is 0.280. The SMILES string of the molecule is C/C=C/CCCCCCCCCCC1N=CC[N+]1(CC)CCO. The van der Waals surface area contributed by atoms with Gasteiger partial charge >= 0.3 is 0 Å². The highest BCUT2D eigenvalue weighted by Gasteiger charge is 2.36. The van der Waals surface area contributed by atoms with Gasteiger partial charge in [0.25, 0.3) is 0 Å². The number of aliphatic hydroxyl groups excluding tert-OH is 1. The Labute approximate surface area is 144 Å². The lowest BCUT2D eigenvalue weighted by atomic mass is 10.1. The van der Waals surface area contributed by atoms with Crippen LogP contribution in [0.4, 0.5) is 0 Å². The van der Waals surface area contributed by atoms with Gasteiger partial charge in [-0.3, -0.25) is 4.48 Å². The van der Waals surface area contributed by atoms with E-state index in [-0.39, 0.29) is 6.61 Å². The van der Waals surface area contributed by atoms with Gasteiger partial charge in [-0.15, -0.1) is 0 Å². The maximum Gasteiger partial charge on any atom is 0.182 e. The summed E-state index contributed by atoms with van der Waals surface area (Å²) in [4.78, 5) is 4.69. The summed E-state index contributed by atoms with van der Waals surface area (Å²) in [5, 5.41) is 9.33. The van der Waals surface area contributed by atoms with Crippen LogP contribution in [0.15, 0.2) is 17.1 Å². The van der Waals surface area contributed by atoms with Crippen LogP contribution in [-0.2, 0) is 0 Å². The summed E-state index contributed by atoms with van der Waals surface area (Å²) in [5.74, 6) is 0. The molecule has 0 aromatic heterocycles. The number of allylic oxidation sites excluding steroid dienone is 2. The van der Waals surface area contributed by atoms with Gasteiger partial charge in [0.2, 0.25) is 0 Å². The van der Waals surface area contributed by atoms with E-state index >= 15 is 0 Å². The highest BCUT2D eigenvalue weighted by atomic mass is 16.3.